The Kier molecular flexibility index (Phi) is 4.20. The molecule has 0 N–H and O–H groups in total. The number of piperidine rings is 1. The normalized spacial score (nSPS) is 19.6. The van der Waals surface area contributed by atoms with Gasteiger partial charge in [-0.1, -0.05) is 6.92 Å². The van der Waals surface area contributed by atoms with Crippen molar-refractivity contribution >= 4 is 0 Å². The minimum absolute atomic E-state index is 0.496. The van der Waals surface area contributed by atoms with Crippen LogP contribution in [-0.4, -0.2) is 46.2 Å². The Balaban J connectivity index is 1.89. The third-order valence-corrected chi connectivity index (χ3v) is 4.19. The Morgan fingerprint density at radius 1 is 1.33 bits per heavy atom. The molecular formula is C16H22N4O. The lowest BCUT2D eigenvalue weighted by atomic mass is 10.1. The number of imidazole rings is 1. The molecule has 1 aliphatic heterocycles. The molecule has 0 radical (unpaired) electrons. The molecule has 0 aromatic carbocycles. The van der Waals surface area contributed by atoms with E-state index in [1.807, 2.05) is 18.3 Å². The maximum Gasteiger partial charge on any atom is 0.213 e. The van der Waals surface area contributed by atoms with Crippen molar-refractivity contribution in [2.24, 2.45) is 0 Å². The largest absolute Gasteiger partial charge is 0.481 e. The van der Waals surface area contributed by atoms with E-state index in [1.165, 1.54) is 19.4 Å². The van der Waals surface area contributed by atoms with E-state index in [0.29, 0.717) is 11.9 Å². The monoisotopic (exact) mass is 286 g/mol. The zero-order valence-electron chi connectivity index (χ0n) is 12.7. The third-order valence-electron chi connectivity index (χ3n) is 4.19. The van der Waals surface area contributed by atoms with Crippen LogP contribution in [0.3, 0.4) is 0 Å². The molecule has 0 aliphatic carbocycles. The molecule has 112 valence electrons. The van der Waals surface area contributed by atoms with E-state index in [4.69, 9.17) is 4.74 Å². The van der Waals surface area contributed by atoms with E-state index in [1.54, 1.807) is 13.3 Å². The molecule has 1 atom stereocenters. The van der Waals surface area contributed by atoms with Crippen LogP contribution in [0.5, 0.6) is 5.88 Å². The highest BCUT2D eigenvalue weighted by atomic mass is 16.5. The minimum Gasteiger partial charge on any atom is -0.481 e. The molecule has 2 aromatic heterocycles. The van der Waals surface area contributed by atoms with Crippen LogP contribution in [-0.2, 0) is 0 Å². The molecule has 5 heteroatoms. The number of hydrogen-bond acceptors (Lipinski definition) is 4. The minimum atomic E-state index is 0.496. The molecule has 1 saturated heterocycles. The Hall–Kier alpha value is -1.88. The zero-order chi connectivity index (χ0) is 14.7. The molecule has 3 heterocycles. The van der Waals surface area contributed by atoms with Crippen LogP contribution in [0.4, 0.5) is 0 Å². The van der Waals surface area contributed by atoms with Crippen molar-refractivity contribution in [2.45, 2.75) is 25.8 Å². The lowest BCUT2D eigenvalue weighted by Gasteiger charge is -2.33. The van der Waals surface area contributed by atoms with Crippen molar-refractivity contribution in [3.63, 3.8) is 0 Å². The SMILES string of the molecule is CCN1CCCC(n2ccnc2-c2ccnc(OC)c2)C1. The second-order valence-electron chi connectivity index (χ2n) is 5.43. The van der Waals surface area contributed by atoms with Gasteiger partial charge in [0.15, 0.2) is 0 Å². The molecule has 1 aliphatic rings. The number of pyridine rings is 1. The second kappa shape index (κ2) is 6.26. The lowest BCUT2D eigenvalue weighted by Crippen LogP contribution is -2.36. The Bertz CT molecular complexity index is 595. The summed E-state index contributed by atoms with van der Waals surface area (Å²) in [4.78, 5) is 11.2. The van der Waals surface area contributed by atoms with Gasteiger partial charge in [-0.15, -0.1) is 0 Å². The maximum absolute atomic E-state index is 5.22. The molecule has 2 aromatic rings. The first-order valence-electron chi connectivity index (χ1n) is 7.57. The van der Waals surface area contributed by atoms with Gasteiger partial charge >= 0.3 is 0 Å². The average molecular weight is 286 g/mol. The first-order chi connectivity index (χ1) is 10.3. The van der Waals surface area contributed by atoms with Gasteiger partial charge < -0.3 is 14.2 Å². The maximum atomic E-state index is 5.22. The van der Waals surface area contributed by atoms with Crippen molar-refractivity contribution in [1.29, 1.82) is 0 Å². The second-order valence-corrected chi connectivity index (χ2v) is 5.43. The summed E-state index contributed by atoms with van der Waals surface area (Å²) in [6, 6.07) is 4.43. The van der Waals surface area contributed by atoms with Gasteiger partial charge in [0.25, 0.3) is 0 Å². The first-order valence-corrected chi connectivity index (χ1v) is 7.57. The highest BCUT2D eigenvalue weighted by Crippen LogP contribution is 2.28. The number of likely N-dealkylation sites (tertiary alicyclic amines) is 1. The summed E-state index contributed by atoms with van der Waals surface area (Å²) < 4.78 is 7.52. The Morgan fingerprint density at radius 2 is 2.24 bits per heavy atom. The van der Waals surface area contributed by atoms with E-state index in [0.717, 1.165) is 24.5 Å². The summed E-state index contributed by atoms with van der Waals surface area (Å²) in [7, 11) is 1.64. The molecule has 0 bridgehead atoms. The number of aromatic nitrogens is 3. The number of hydrogen-bond donors (Lipinski definition) is 0. The molecule has 0 spiro atoms. The zero-order valence-corrected chi connectivity index (χ0v) is 12.7. The lowest BCUT2D eigenvalue weighted by molar-refractivity contribution is 0.186. The van der Waals surface area contributed by atoms with Crippen molar-refractivity contribution < 1.29 is 4.74 Å². The summed E-state index contributed by atoms with van der Waals surface area (Å²) in [5, 5.41) is 0. The number of methoxy groups -OCH3 is 1. The molecule has 1 fully saturated rings. The number of ether oxygens (including phenoxy) is 1. The van der Waals surface area contributed by atoms with Crippen LogP contribution in [0.1, 0.15) is 25.8 Å². The van der Waals surface area contributed by atoms with Gasteiger partial charge in [-0.05, 0) is 32.0 Å². The average Bonchev–Trinajstić information content (AvgIpc) is 3.04. The Morgan fingerprint density at radius 3 is 3.05 bits per heavy atom. The highest BCUT2D eigenvalue weighted by molar-refractivity contribution is 5.56. The number of likely N-dealkylation sites (N-methyl/N-ethyl adjacent to an activating group) is 1. The predicted octanol–water partition coefficient (Wildman–Crippen LogP) is 2.61. The third kappa shape index (κ3) is 2.93. The van der Waals surface area contributed by atoms with Crippen LogP contribution >= 0.6 is 0 Å². The molecular weight excluding hydrogens is 264 g/mol. The highest BCUT2D eigenvalue weighted by Gasteiger charge is 2.22. The summed E-state index contributed by atoms with van der Waals surface area (Å²) in [5.41, 5.74) is 1.06. The van der Waals surface area contributed by atoms with Gasteiger partial charge in [0, 0.05) is 42.8 Å². The molecule has 3 rings (SSSR count). The summed E-state index contributed by atoms with van der Waals surface area (Å²) in [5.74, 6) is 1.62. The van der Waals surface area contributed by atoms with E-state index in [-0.39, 0.29) is 0 Å². The van der Waals surface area contributed by atoms with Crippen LogP contribution in [0.25, 0.3) is 11.4 Å². The molecule has 21 heavy (non-hydrogen) atoms. The van der Waals surface area contributed by atoms with Crippen LogP contribution < -0.4 is 4.74 Å². The smallest absolute Gasteiger partial charge is 0.213 e. The van der Waals surface area contributed by atoms with Crippen molar-refractivity contribution in [3.8, 4) is 17.3 Å². The quantitative estimate of drug-likeness (QED) is 0.866. The van der Waals surface area contributed by atoms with Crippen LogP contribution in [0.2, 0.25) is 0 Å². The standard InChI is InChI=1S/C16H22N4O/c1-3-19-9-4-5-14(12-19)20-10-8-18-16(20)13-6-7-17-15(11-13)21-2/h6-8,10-11,14H,3-5,9,12H2,1-2H3. The van der Waals surface area contributed by atoms with Crippen molar-refractivity contribution in [2.75, 3.05) is 26.7 Å². The van der Waals surface area contributed by atoms with Gasteiger partial charge in [-0.2, -0.15) is 0 Å². The topological polar surface area (TPSA) is 43.2 Å². The van der Waals surface area contributed by atoms with Gasteiger partial charge in [-0.25, -0.2) is 9.97 Å². The molecule has 0 saturated carbocycles. The van der Waals surface area contributed by atoms with Crippen molar-refractivity contribution in [3.05, 3.63) is 30.7 Å². The molecule has 5 nitrogen and oxygen atoms in total. The van der Waals surface area contributed by atoms with E-state index in [2.05, 4.69) is 32.6 Å². The van der Waals surface area contributed by atoms with Crippen LogP contribution in [0, 0.1) is 0 Å². The van der Waals surface area contributed by atoms with E-state index < -0.39 is 0 Å². The molecule has 1 unspecified atom stereocenters. The number of nitrogens with zero attached hydrogens (tertiary/aromatic N) is 4. The predicted molar refractivity (Wildman–Crippen MR) is 82.4 cm³/mol. The van der Waals surface area contributed by atoms with Gasteiger partial charge in [0.1, 0.15) is 5.82 Å². The fourth-order valence-corrected chi connectivity index (χ4v) is 3.04. The summed E-state index contributed by atoms with van der Waals surface area (Å²) >= 11 is 0. The van der Waals surface area contributed by atoms with Gasteiger partial charge in [0.05, 0.1) is 7.11 Å². The number of rotatable bonds is 4. The fourth-order valence-electron chi connectivity index (χ4n) is 3.04. The molecule has 0 amide bonds. The Labute approximate surface area is 125 Å². The van der Waals surface area contributed by atoms with Gasteiger partial charge in [0.2, 0.25) is 5.88 Å². The first kappa shape index (κ1) is 14.1. The van der Waals surface area contributed by atoms with E-state index >= 15 is 0 Å². The summed E-state index contributed by atoms with van der Waals surface area (Å²) in [6.07, 6.45) is 8.20. The fraction of sp³-hybridized carbons (Fsp3) is 0.500. The van der Waals surface area contributed by atoms with Crippen LogP contribution in [0.15, 0.2) is 30.7 Å². The van der Waals surface area contributed by atoms with Crippen molar-refractivity contribution in [1.82, 2.24) is 19.4 Å². The van der Waals surface area contributed by atoms with Gasteiger partial charge in [-0.3, -0.25) is 0 Å². The summed E-state index contributed by atoms with van der Waals surface area (Å²) in [6.45, 7) is 5.65. The van der Waals surface area contributed by atoms with E-state index in [9.17, 15) is 0 Å².